The van der Waals surface area contributed by atoms with Gasteiger partial charge in [-0.15, -0.1) is 0 Å². The molecule has 3 rings (SSSR count). The molecule has 7 heteroatoms. The van der Waals surface area contributed by atoms with Crippen molar-refractivity contribution in [1.29, 1.82) is 0 Å². The minimum absolute atomic E-state index is 0.0325. The first kappa shape index (κ1) is 17.0. The molecule has 2 N–H and O–H groups in total. The molecular formula is C17H26N4O3. The van der Waals surface area contributed by atoms with E-state index < -0.39 is 5.54 Å². The number of carbonyl (C=O) groups is 2. The van der Waals surface area contributed by atoms with Gasteiger partial charge >= 0.3 is 0 Å². The van der Waals surface area contributed by atoms with Gasteiger partial charge in [-0.05, 0) is 46.1 Å². The average Bonchev–Trinajstić information content (AvgIpc) is 2.92. The van der Waals surface area contributed by atoms with E-state index in [-0.39, 0.29) is 17.9 Å². The molecule has 0 saturated carbocycles. The summed E-state index contributed by atoms with van der Waals surface area (Å²) < 4.78 is 7.34. The second kappa shape index (κ2) is 6.55. The molecule has 2 fully saturated rings. The molecule has 0 spiro atoms. The van der Waals surface area contributed by atoms with Crippen molar-refractivity contribution in [2.45, 2.75) is 64.1 Å². The molecule has 0 aromatic carbocycles. The Labute approximate surface area is 142 Å². The fourth-order valence-electron chi connectivity index (χ4n) is 3.53. The number of carbonyl (C=O) groups excluding carboxylic acids is 2. The van der Waals surface area contributed by atoms with Crippen molar-refractivity contribution in [3.05, 3.63) is 17.5 Å². The molecule has 3 heterocycles. The van der Waals surface area contributed by atoms with E-state index in [1.807, 2.05) is 31.5 Å². The van der Waals surface area contributed by atoms with Crippen LogP contribution in [0.5, 0.6) is 0 Å². The number of amides is 2. The largest absolute Gasteiger partial charge is 0.381 e. The molecule has 2 amide bonds. The Kier molecular flexibility index (Phi) is 4.62. The lowest BCUT2D eigenvalue weighted by molar-refractivity contribution is -0.125. The van der Waals surface area contributed by atoms with Crippen LogP contribution in [0.4, 0.5) is 0 Å². The van der Waals surface area contributed by atoms with Crippen LogP contribution in [0.2, 0.25) is 0 Å². The fraction of sp³-hybridized carbons (Fsp3) is 0.706. The number of hydrogen-bond donors (Lipinski definition) is 2. The zero-order valence-corrected chi connectivity index (χ0v) is 14.6. The van der Waals surface area contributed by atoms with Crippen molar-refractivity contribution in [1.82, 2.24) is 20.4 Å². The maximum atomic E-state index is 12.6. The molecule has 1 atom stereocenters. The SMILES string of the molecule is Cc1cc(C(=O)NC2CCC(=O)NC2(C)C)nn1C1CCOCC1. The predicted molar refractivity (Wildman–Crippen MR) is 88.8 cm³/mol. The normalized spacial score (nSPS) is 24.5. The third kappa shape index (κ3) is 3.45. The van der Waals surface area contributed by atoms with Crippen molar-refractivity contribution >= 4 is 11.8 Å². The number of aromatic nitrogens is 2. The number of nitrogens with zero attached hydrogens (tertiary/aromatic N) is 2. The Morgan fingerprint density at radius 1 is 1.38 bits per heavy atom. The van der Waals surface area contributed by atoms with Crippen LogP contribution in [0, 0.1) is 6.92 Å². The summed E-state index contributed by atoms with van der Waals surface area (Å²) >= 11 is 0. The summed E-state index contributed by atoms with van der Waals surface area (Å²) in [5, 5.41) is 10.5. The van der Waals surface area contributed by atoms with Crippen LogP contribution in [0.15, 0.2) is 6.07 Å². The Bertz CT molecular complexity index is 632. The lowest BCUT2D eigenvalue weighted by Gasteiger charge is -2.39. The number of hydrogen-bond acceptors (Lipinski definition) is 4. The first-order valence-corrected chi connectivity index (χ1v) is 8.62. The summed E-state index contributed by atoms with van der Waals surface area (Å²) in [4.78, 5) is 24.2. The van der Waals surface area contributed by atoms with E-state index in [2.05, 4.69) is 15.7 Å². The maximum Gasteiger partial charge on any atom is 0.272 e. The van der Waals surface area contributed by atoms with Crippen LogP contribution < -0.4 is 10.6 Å². The van der Waals surface area contributed by atoms with Gasteiger partial charge in [-0.1, -0.05) is 0 Å². The summed E-state index contributed by atoms with van der Waals surface area (Å²) in [6.45, 7) is 7.31. The highest BCUT2D eigenvalue weighted by Gasteiger charge is 2.36. The Morgan fingerprint density at radius 3 is 2.75 bits per heavy atom. The van der Waals surface area contributed by atoms with Crippen LogP contribution >= 0.6 is 0 Å². The molecule has 1 unspecified atom stereocenters. The Hall–Kier alpha value is -1.89. The highest BCUT2D eigenvalue weighted by molar-refractivity contribution is 5.93. The van der Waals surface area contributed by atoms with Crippen LogP contribution in [-0.4, -0.2) is 46.4 Å². The third-order valence-corrected chi connectivity index (χ3v) is 4.99. The van der Waals surface area contributed by atoms with Gasteiger partial charge in [0.1, 0.15) is 5.69 Å². The third-order valence-electron chi connectivity index (χ3n) is 4.99. The molecule has 0 bridgehead atoms. The van der Waals surface area contributed by atoms with Crippen molar-refractivity contribution in [3.63, 3.8) is 0 Å². The van der Waals surface area contributed by atoms with Crippen LogP contribution in [0.3, 0.4) is 0 Å². The van der Waals surface area contributed by atoms with Gasteiger partial charge in [0.25, 0.3) is 5.91 Å². The first-order chi connectivity index (χ1) is 11.4. The standard InChI is InChI=1S/C17H26N4O3/c1-11-10-13(20-21(11)12-6-8-24-9-7-12)16(23)18-14-4-5-15(22)19-17(14,2)3/h10,12,14H,4-9H2,1-3H3,(H,18,23)(H,19,22). The highest BCUT2D eigenvalue weighted by atomic mass is 16.5. The minimum Gasteiger partial charge on any atom is -0.381 e. The summed E-state index contributed by atoms with van der Waals surface area (Å²) in [5.74, 6) is -0.150. The molecule has 0 radical (unpaired) electrons. The number of nitrogens with one attached hydrogen (secondary N) is 2. The topological polar surface area (TPSA) is 85.3 Å². The van der Waals surface area contributed by atoms with Gasteiger partial charge in [-0.25, -0.2) is 0 Å². The van der Waals surface area contributed by atoms with E-state index in [1.54, 1.807) is 0 Å². The van der Waals surface area contributed by atoms with Crippen molar-refractivity contribution in [2.75, 3.05) is 13.2 Å². The molecule has 0 aliphatic carbocycles. The maximum absolute atomic E-state index is 12.6. The molecule has 2 aliphatic heterocycles. The average molecular weight is 334 g/mol. The second-order valence-corrected chi connectivity index (χ2v) is 7.29. The molecule has 132 valence electrons. The lowest BCUT2D eigenvalue weighted by Crippen LogP contribution is -2.62. The molecule has 2 aliphatic rings. The van der Waals surface area contributed by atoms with Crippen molar-refractivity contribution < 1.29 is 14.3 Å². The molecule has 1 aromatic heterocycles. The van der Waals surface area contributed by atoms with E-state index in [1.165, 1.54) is 0 Å². The van der Waals surface area contributed by atoms with Gasteiger partial charge in [0.05, 0.1) is 17.6 Å². The van der Waals surface area contributed by atoms with Crippen LogP contribution in [0.1, 0.15) is 61.8 Å². The van der Waals surface area contributed by atoms with Crippen molar-refractivity contribution in [3.8, 4) is 0 Å². The Morgan fingerprint density at radius 2 is 2.08 bits per heavy atom. The lowest BCUT2D eigenvalue weighted by atomic mass is 9.87. The summed E-state index contributed by atoms with van der Waals surface area (Å²) in [7, 11) is 0. The Balaban J connectivity index is 1.70. The predicted octanol–water partition coefficient (Wildman–Crippen LogP) is 1.33. The van der Waals surface area contributed by atoms with Crippen molar-refractivity contribution in [2.24, 2.45) is 0 Å². The summed E-state index contributed by atoms with van der Waals surface area (Å²) in [5.41, 5.74) is 0.971. The van der Waals surface area contributed by atoms with E-state index in [4.69, 9.17) is 4.74 Å². The number of ether oxygens (including phenoxy) is 1. The minimum atomic E-state index is -0.455. The van der Waals surface area contributed by atoms with Gasteiger partial charge in [0, 0.05) is 25.3 Å². The summed E-state index contributed by atoms with van der Waals surface area (Å²) in [6.07, 6.45) is 2.92. The molecular weight excluding hydrogens is 308 g/mol. The number of rotatable bonds is 3. The van der Waals surface area contributed by atoms with E-state index >= 15 is 0 Å². The van der Waals surface area contributed by atoms with Gasteiger partial charge in [-0.2, -0.15) is 5.10 Å². The highest BCUT2D eigenvalue weighted by Crippen LogP contribution is 2.23. The molecule has 2 saturated heterocycles. The van der Waals surface area contributed by atoms with E-state index in [0.29, 0.717) is 24.6 Å². The van der Waals surface area contributed by atoms with E-state index in [9.17, 15) is 9.59 Å². The van der Waals surface area contributed by atoms with Gasteiger partial charge in [-0.3, -0.25) is 14.3 Å². The fourth-order valence-corrected chi connectivity index (χ4v) is 3.53. The quantitative estimate of drug-likeness (QED) is 0.873. The van der Waals surface area contributed by atoms with Gasteiger partial charge < -0.3 is 15.4 Å². The number of aryl methyl sites for hydroxylation is 1. The van der Waals surface area contributed by atoms with Gasteiger partial charge in [0.2, 0.25) is 5.91 Å². The van der Waals surface area contributed by atoms with Crippen LogP contribution in [-0.2, 0) is 9.53 Å². The number of piperidine rings is 1. The van der Waals surface area contributed by atoms with Crippen LogP contribution in [0.25, 0.3) is 0 Å². The monoisotopic (exact) mass is 334 g/mol. The molecule has 24 heavy (non-hydrogen) atoms. The van der Waals surface area contributed by atoms with Gasteiger partial charge in [0.15, 0.2) is 0 Å². The van der Waals surface area contributed by atoms with E-state index in [0.717, 1.165) is 31.7 Å². The smallest absolute Gasteiger partial charge is 0.272 e. The summed E-state index contributed by atoms with van der Waals surface area (Å²) in [6, 6.07) is 2.03. The molecule has 7 nitrogen and oxygen atoms in total. The zero-order valence-electron chi connectivity index (χ0n) is 14.6. The first-order valence-electron chi connectivity index (χ1n) is 8.62. The zero-order chi connectivity index (χ0) is 17.3. The second-order valence-electron chi connectivity index (χ2n) is 7.29. The molecule has 1 aromatic rings.